The largest absolute Gasteiger partial charge is 0.345 e. The van der Waals surface area contributed by atoms with Crippen LogP contribution in [0, 0.1) is 11.8 Å². The van der Waals surface area contributed by atoms with E-state index in [1.807, 2.05) is 13.1 Å². The molecule has 1 saturated heterocycles. The van der Waals surface area contributed by atoms with Crippen molar-refractivity contribution < 1.29 is 4.79 Å². The lowest BCUT2D eigenvalue weighted by molar-refractivity contribution is -0.117. The van der Waals surface area contributed by atoms with E-state index in [4.69, 9.17) is 4.98 Å². The highest BCUT2D eigenvalue weighted by molar-refractivity contribution is 7.22. The molecule has 1 amide bonds. The van der Waals surface area contributed by atoms with Crippen LogP contribution in [0.2, 0.25) is 0 Å². The Bertz CT molecular complexity index is 813. The molecule has 2 aromatic heterocycles. The van der Waals surface area contributed by atoms with Crippen LogP contribution in [-0.4, -0.2) is 41.7 Å². The van der Waals surface area contributed by atoms with Gasteiger partial charge < -0.3 is 15.2 Å². The van der Waals surface area contributed by atoms with Gasteiger partial charge in [0.25, 0.3) is 0 Å². The van der Waals surface area contributed by atoms with Crippen molar-refractivity contribution >= 4 is 44.6 Å². The predicted octanol–water partition coefficient (Wildman–Crippen LogP) is 3.35. The van der Waals surface area contributed by atoms with Crippen LogP contribution in [0.15, 0.2) is 17.3 Å². The molecule has 1 saturated carbocycles. The minimum Gasteiger partial charge on any atom is -0.345 e. The van der Waals surface area contributed by atoms with E-state index in [0.29, 0.717) is 17.8 Å². The molecule has 1 N–H and O–H groups in total. The second kappa shape index (κ2) is 6.71. The van der Waals surface area contributed by atoms with Crippen LogP contribution < -0.4 is 10.2 Å². The number of carbonyl (C=O) groups excluding carboxylic acids is 1. The first-order valence-electron chi connectivity index (χ1n) is 8.92. The van der Waals surface area contributed by atoms with Gasteiger partial charge in [0, 0.05) is 43.9 Å². The molecular weight excluding hydrogens is 334 g/mol. The van der Waals surface area contributed by atoms with Gasteiger partial charge in [-0.15, -0.1) is 0 Å². The number of rotatable bonds is 4. The zero-order valence-electron chi connectivity index (χ0n) is 14.6. The summed E-state index contributed by atoms with van der Waals surface area (Å²) in [4.78, 5) is 27.9. The van der Waals surface area contributed by atoms with Crippen LogP contribution in [0.1, 0.15) is 32.6 Å². The van der Waals surface area contributed by atoms with Crippen molar-refractivity contribution in [2.75, 3.05) is 23.8 Å². The number of hydrogen-bond donors (Lipinski definition) is 1. The first-order valence-corrected chi connectivity index (χ1v) is 9.74. The minimum atomic E-state index is 0.0838. The van der Waals surface area contributed by atoms with Crippen LogP contribution >= 0.6 is 11.3 Å². The number of fused-ring (bicyclic) bond motifs is 1. The molecule has 0 aromatic carbocycles. The van der Waals surface area contributed by atoms with E-state index in [9.17, 15) is 4.79 Å². The van der Waals surface area contributed by atoms with Crippen molar-refractivity contribution in [2.24, 2.45) is 16.8 Å². The fourth-order valence-electron chi connectivity index (χ4n) is 3.45. The lowest BCUT2D eigenvalue weighted by Gasteiger charge is -2.37. The van der Waals surface area contributed by atoms with Crippen molar-refractivity contribution in [2.45, 2.75) is 38.6 Å². The second-order valence-corrected chi connectivity index (χ2v) is 7.89. The molecule has 4 rings (SSSR count). The number of nitrogens with zero attached hydrogens (tertiary/aromatic N) is 4. The van der Waals surface area contributed by atoms with E-state index in [0.717, 1.165) is 41.2 Å². The molecule has 7 heteroatoms. The van der Waals surface area contributed by atoms with Crippen LogP contribution in [0.4, 0.5) is 10.9 Å². The number of anilines is 2. The summed E-state index contributed by atoms with van der Waals surface area (Å²) in [6.07, 6.45) is 8.07. The average Bonchev–Trinajstić information content (AvgIpc) is 3.36. The number of pyridine rings is 1. The Morgan fingerprint density at radius 1 is 1.44 bits per heavy atom. The highest BCUT2D eigenvalue weighted by Crippen LogP contribution is 2.37. The van der Waals surface area contributed by atoms with Crippen LogP contribution in [-0.2, 0) is 4.79 Å². The van der Waals surface area contributed by atoms with Gasteiger partial charge in [-0.2, -0.15) is 0 Å². The number of aliphatic imine (C=N–C) groups is 1. The molecule has 0 radical (unpaired) electrons. The summed E-state index contributed by atoms with van der Waals surface area (Å²) in [5.41, 5.74) is 0.902. The SMILES string of the molecule is CN=CC1CCCN(c2nc3ccnc(NC(=O)C4CC4)c3s2)C1C. The molecule has 2 unspecified atom stereocenters. The fraction of sp³-hybridized carbons (Fsp3) is 0.556. The molecule has 132 valence electrons. The summed E-state index contributed by atoms with van der Waals surface area (Å²) in [6, 6.07) is 2.29. The van der Waals surface area contributed by atoms with E-state index in [2.05, 4.69) is 33.3 Å². The Labute approximate surface area is 151 Å². The van der Waals surface area contributed by atoms with Crippen molar-refractivity contribution in [3.63, 3.8) is 0 Å². The monoisotopic (exact) mass is 357 g/mol. The van der Waals surface area contributed by atoms with Gasteiger partial charge in [-0.05, 0) is 38.7 Å². The molecule has 1 aliphatic heterocycles. The number of nitrogens with one attached hydrogen (secondary N) is 1. The Hall–Kier alpha value is -2.02. The molecule has 2 aliphatic rings. The Balaban J connectivity index is 1.63. The van der Waals surface area contributed by atoms with Crippen LogP contribution in [0.5, 0.6) is 0 Å². The predicted molar refractivity (Wildman–Crippen MR) is 103 cm³/mol. The summed E-state index contributed by atoms with van der Waals surface area (Å²) in [5, 5.41) is 3.99. The van der Waals surface area contributed by atoms with Crippen molar-refractivity contribution in [3.8, 4) is 0 Å². The van der Waals surface area contributed by atoms with Gasteiger partial charge in [0.1, 0.15) is 0 Å². The topological polar surface area (TPSA) is 70.5 Å². The van der Waals surface area contributed by atoms with Gasteiger partial charge in [-0.3, -0.25) is 4.79 Å². The van der Waals surface area contributed by atoms with E-state index < -0.39 is 0 Å². The molecule has 0 bridgehead atoms. The molecular formula is C18H23N5OS. The Morgan fingerprint density at radius 3 is 3.04 bits per heavy atom. The number of thiazole rings is 1. The zero-order valence-corrected chi connectivity index (χ0v) is 15.4. The molecule has 25 heavy (non-hydrogen) atoms. The van der Waals surface area contributed by atoms with E-state index in [-0.39, 0.29) is 11.8 Å². The second-order valence-electron chi connectivity index (χ2n) is 6.92. The molecule has 2 fully saturated rings. The van der Waals surface area contributed by atoms with Crippen molar-refractivity contribution in [3.05, 3.63) is 12.3 Å². The average molecular weight is 357 g/mol. The van der Waals surface area contributed by atoms with Gasteiger partial charge >= 0.3 is 0 Å². The van der Waals surface area contributed by atoms with Crippen molar-refractivity contribution in [1.29, 1.82) is 0 Å². The number of aromatic nitrogens is 2. The third-order valence-electron chi connectivity index (χ3n) is 5.12. The molecule has 0 spiro atoms. The number of carbonyl (C=O) groups is 1. The standard InChI is InChI=1S/C18H23N5OS/c1-11-13(10-19-2)4-3-9-23(11)18-21-14-7-8-20-16(15(14)25-18)22-17(24)12-5-6-12/h7-8,10-13H,3-6,9H2,1-2H3,(H,20,22,24). The van der Waals surface area contributed by atoms with E-state index in [1.54, 1.807) is 17.5 Å². The summed E-state index contributed by atoms with van der Waals surface area (Å²) in [5.74, 6) is 1.36. The maximum Gasteiger partial charge on any atom is 0.228 e. The quantitative estimate of drug-likeness (QED) is 0.852. The highest BCUT2D eigenvalue weighted by atomic mass is 32.1. The fourth-order valence-corrected chi connectivity index (χ4v) is 4.57. The van der Waals surface area contributed by atoms with Gasteiger partial charge in [0.05, 0.1) is 10.2 Å². The minimum absolute atomic E-state index is 0.0838. The molecule has 1 aliphatic carbocycles. The third kappa shape index (κ3) is 3.25. The van der Waals surface area contributed by atoms with Gasteiger partial charge in [0.15, 0.2) is 10.9 Å². The number of amides is 1. The van der Waals surface area contributed by atoms with Crippen LogP contribution in [0.3, 0.4) is 0 Å². The normalized spacial score (nSPS) is 24.2. The first kappa shape index (κ1) is 16.4. The summed E-state index contributed by atoms with van der Waals surface area (Å²) in [7, 11) is 1.84. The Kier molecular flexibility index (Phi) is 4.41. The summed E-state index contributed by atoms with van der Waals surface area (Å²) < 4.78 is 0.963. The maximum atomic E-state index is 12.1. The summed E-state index contributed by atoms with van der Waals surface area (Å²) in [6.45, 7) is 3.25. The number of hydrogen-bond acceptors (Lipinski definition) is 6. The third-order valence-corrected chi connectivity index (χ3v) is 6.23. The maximum absolute atomic E-state index is 12.1. The zero-order chi connectivity index (χ0) is 17.4. The summed E-state index contributed by atoms with van der Waals surface area (Å²) >= 11 is 1.62. The van der Waals surface area contributed by atoms with Crippen LogP contribution in [0.25, 0.3) is 10.2 Å². The lowest BCUT2D eigenvalue weighted by Crippen LogP contribution is -2.44. The van der Waals surface area contributed by atoms with Crippen molar-refractivity contribution in [1.82, 2.24) is 9.97 Å². The van der Waals surface area contributed by atoms with Gasteiger partial charge in [-0.1, -0.05) is 11.3 Å². The molecule has 2 atom stereocenters. The molecule has 2 aromatic rings. The van der Waals surface area contributed by atoms with Gasteiger partial charge in [0.2, 0.25) is 5.91 Å². The molecule has 6 nitrogen and oxygen atoms in total. The highest BCUT2D eigenvalue weighted by Gasteiger charge is 2.31. The van der Waals surface area contributed by atoms with Gasteiger partial charge in [-0.25, -0.2) is 9.97 Å². The lowest BCUT2D eigenvalue weighted by atomic mass is 9.92. The smallest absolute Gasteiger partial charge is 0.228 e. The first-order chi connectivity index (χ1) is 12.2. The van der Waals surface area contributed by atoms with E-state index >= 15 is 0 Å². The van der Waals surface area contributed by atoms with E-state index in [1.165, 1.54) is 6.42 Å². The number of piperidine rings is 1. The Morgan fingerprint density at radius 2 is 2.28 bits per heavy atom. The molecule has 3 heterocycles.